The topological polar surface area (TPSA) is 32.6 Å². The molecule has 2 nitrogen and oxygen atoms in total. The highest BCUT2D eigenvalue weighted by Gasteiger charge is 2.24. The lowest BCUT2D eigenvalue weighted by atomic mass is 9.79. The van der Waals surface area contributed by atoms with Crippen molar-refractivity contribution >= 4 is 6.21 Å². The predicted molar refractivity (Wildman–Crippen MR) is 122 cm³/mol. The van der Waals surface area contributed by atoms with Crippen molar-refractivity contribution in [1.82, 2.24) is 0 Å². The van der Waals surface area contributed by atoms with Crippen LogP contribution in [-0.4, -0.2) is 11.3 Å². The third kappa shape index (κ3) is 5.34. The van der Waals surface area contributed by atoms with E-state index in [9.17, 15) is 5.11 Å². The van der Waals surface area contributed by atoms with Gasteiger partial charge in [0.25, 0.3) is 0 Å². The zero-order valence-corrected chi connectivity index (χ0v) is 18.5. The normalized spacial score (nSPS) is 23.3. The van der Waals surface area contributed by atoms with E-state index in [4.69, 9.17) is 4.99 Å². The third-order valence-corrected chi connectivity index (χ3v) is 5.17. The van der Waals surface area contributed by atoms with E-state index in [1.165, 1.54) is 5.56 Å². The predicted octanol–water partition coefficient (Wildman–Crippen LogP) is 7.00. The van der Waals surface area contributed by atoms with Crippen LogP contribution in [-0.2, 0) is 10.8 Å². The molecule has 0 aromatic heterocycles. The number of aliphatic imine (C=N–C) groups is 1. The second kappa shape index (κ2) is 8.34. The third-order valence-electron chi connectivity index (χ3n) is 5.17. The zero-order valence-electron chi connectivity index (χ0n) is 18.5. The zero-order chi connectivity index (χ0) is 21.1. The van der Waals surface area contributed by atoms with Crippen molar-refractivity contribution < 1.29 is 5.11 Å². The maximum absolute atomic E-state index is 10.9. The molecule has 0 radical (unpaired) electrons. The van der Waals surface area contributed by atoms with Crippen molar-refractivity contribution in [2.75, 3.05) is 0 Å². The number of hydrogen-bond donors (Lipinski definition) is 1. The van der Waals surface area contributed by atoms with Gasteiger partial charge in [-0.2, -0.15) is 0 Å². The quantitative estimate of drug-likeness (QED) is 0.446. The van der Waals surface area contributed by atoms with E-state index in [1.807, 2.05) is 18.2 Å². The van der Waals surface area contributed by atoms with Crippen LogP contribution in [0.3, 0.4) is 0 Å². The van der Waals surface area contributed by atoms with E-state index in [0.29, 0.717) is 11.7 Å². The fraction of sp³-hybridized carbons (Fsp3) is 0.423. The smallest absolute Gasteiger partial charge is 0.128 e. The molecule has 1 aromatic rings. The highest BCUT2D eigenvalue weighted by molar-refractivity contribution is 5.86. The molecule has 28 heavy (non-hydrogen) atoms. The lowest BCUT2D eigenvalue weighted by Gasteiger charge is -2.27. The first-order valence-corrected chi connectivity index (χ1v) is 10.0. The number of allylic oxidation sites excluding steroid dienone is 6. The molecule has 0 spiro atoms. The Morgan fingerprint density at radius 1 is 1.11 bits per heavy atom. The van der Waals surface area contributed by atoms with Crippen LogP contribution < -0.4 is 0 Å². The molecule has 150 valence electrons. The van der Waals surface area contributed by atoms with E-state index >= 15 is 0 Å². The molecule has 0 bridgehead atoms. The van der Waals surface area contributed by atoms with Gasteiger partial charge in [-0.1, -0.05) is 71.9 Å². The number of nitrogens with zero attached hydrogens (tertiary/aromatic N) is 1. The Labute approximate surface area is 171 Å². The van der Waals surface area contributed by atoms with Crippen LogP contribution >= 0.6 is 0 Å². The molecule has 1 aromatic carbocycles. The van der Waals surface area contributed by atoms with Crippen LogP contribution in [0.15, 0.2) is 65.4 Å². The second-order valence-electron chi connectivity index (χ2n) is 9.68. The Morgan fingerprint density at radius 3 is 2.36 bits per heavy atom. The van der Waals surface area contributed by atoms with Gasteiger partial charge in [0, 0.05) is 17.3 Å². The van der Waals surface area contributed by atoms with Crippen molar-refractivity contribution in [1.29, 1.82) is 0 Å². The maximum atomic E-state index is 10.9. The summed E-state index contributed by atoms with van der Waals surface area (Å²) in [6.45, 7) is 18.9. The summed E-state index contributed by atoms with van der Waals surface area (Å²) in [4.78, 5) is 4.72. The Hall–Kier alpha value is -2.35. The lowest BCUT2D eigenvalue weighted by Crippen LogP contribution is -2.17. The molecule has 1 aliphatic rings. The van der Waals surface area contributed by atoms with Gasteiger partial charge in [-0.05, 0) is 53.4 Å². The first-order chi connectivity index (χ1) is 12.9. The monoisotopic (exact) mass is 377 g/mol. The van der Waals surface area contributed by atoms with Crippen molar-refractivity contribution in [3.05, 3.63) is 77.1 Å². The molecule has 0 saturated heterocycles. The number of rotatable bonds is 3. The van der Waals surface area contributed by atoms with Crippen LogP contribution in [0.5, 0.6) is 5.75 Å². The summed E-state index contributed by atoms with van der Waals surface area (Å²) < 4.78 is 0. The molecule has 0 aliphatic heterocycles. The van der Waals surface area contributed by atoms with Crippen LogP contribution in [0.2, 0.25) is 0 Å². The van der Waals surface area contributed by atoms with Gasteiger partial charge in [0.1, 0.15) is 5.75 Å². The van der Waals surface area contributed by atoms with Gasteiger partial charge in [-0.3, -0.25) is 4.99 Å². The summed E-state index contributed by atoms with van der Waals surface area (Å²) in [5.41, 5.74) is 4.81. The van der Waals surface area contributed by atoms with Gasteiger partial charge in [0.2, 0.25) is 0 Å². The minimum atomic E-state index is -0.147. The van der Waals surface area contributed by atoms with Crippen molar-refractivity contribution in [3.63, 3.8) is 0 Å². The molecule has 0 heterocycles. The minimum Gasteiger partial charge on any atom is -0.507 e. The Kier molecular flexibility index (Phi) is 6.54. The van der Waals surface area contributed by atoms with Gasteiger partial charge < -0.3 is 5.11 Å². The fourth-order valence-electron chi connectivity index (χ4n) is 3.14. The molecule has 0 saturated carbocycles. The molecule has 2 heteroatoms. The molecule has 1 atom stereocenters. The van der Waals surface area contributed by atoms with E-state index in [1.54, 1.807) is 6.21 Å². The van der Waals surface area contributed by atoms with Crippen LogP contribution in [0, 0.1) is 5.92 Å². The average Bonchev–Trinajstić information content (AvgIpc) is 2.57. The highest BCUT2D eigenvalue weighted by atomic mass is 16.3. The SMILES string of the molecule is C=CC1/C=C/C=C(N=Cc2cc(C(C)(C)C)cc(C(C)(C)C)c2O)\C(C)=C\C1. The lowest BCUT2D eigenvalue weighted by molar-refractivity contribution is 0.444. The second-order valence-corrected chi connectivity index (χ2v) is 9.68. The summed E-state index contributed by atoms with van der Waals surface area (Å²) >= 11 is 0. The molecule has 1 aliphatic carbocycles. The largest absolute Gasteiger partial charge is 0.507 e. The number of hydrogen-bond acceptors (Lipinski definition) is 2. The first-order valence-electron chi connectivity index (χ1n) is 10.0. The highest BCUT2D eigenvalue weighted by Crippen LogP contribution is 2.37. The average molecular weight is 378 g/mol. The summed E-state index contributed by atoms with van der Waals surface area (Å²) in [7, 11) is 0. The van der Waals surface area contributed by atoms with Crippen molar-refractivity contribution in [3.8, 4) is 5.75 Å². The van der Waals surface area contributed by atoms with E-state index in [0.717, 1.165) is 28.8 Å². The van der Waals surface area contributed by atoms with Gasteiger partial charge in [-0.25, -0.2) is 0 Å². The summed E-state index contributed by atoms with van der Waals surface area (Å²) in [5, 5.41) is 10.9. The van der Waals surface area contributed by atoms with Crippen LogP contribution in [0.4, 0.5) is 0 Å². The van der Waals surface area contributed by atoms with Crippen LogP contribution in [0.25, 0.3) is 0 Å². The molecular weight excluding hydrogens is 342 g/mol. The standard InChI is InChI=1S/C26H35NO/c1-9-19-11-10-12-23(18(2)13-14-19)27-17-20-15-21(25(3,4)5)16-22(24(20)28)26(6,7)8/h9-13,15-17,19,28H,1,14H2,2-8H3/b11-10+,18-13+,23-12+,27-17?. The van der Waals surface area contributed by atoms with Crippen molar-refractivity contribution in [2.45, 2.75) is 65.7 Å². The van der Waals surface area contributed by atoms with Gasteiger partial charge >= 0.3 is 0 Å². The molecule has 2 rings (SSSR count). The van der Waals surface area contributed by atoms with E-state index in [2.05, 4.69) is 79.3 Å². The summed E-state index contributed by atoms with van der Waals surface area (Å²) in [6, 6.07) is 4.19. The molecule has 1 unspecified atom stereocenters. The van der Waals surface area contributed by atoms with Crippen molar-refractivity contribution in [2.24, 2.45) is 10.9 Å². The van der Waals surface area contributed by atoms with Gasteiger partial charge in [0.05, 0.1) is 5.70 Å². The molecular formula is C26H35NO. The summed E-state index contributed by atoms with van der Waals surface area (Å²) in [6.07, 6.45) is 13.1. The molecule has 0 fully saturated rings. The number of aromatic hydroxyl groups is 1. The first kappa shape index (κ1) is 21.9. The maximum Gasteiger partial charge on any atom is 0.128 e. The van der Waals surface area contributed by atoms with E-state index in [-0.39, 0.29) is 10.8 Å². The van der Waals surface area contributed by atoms with Gasteiger partial charge in [0.15, 0.2) is 0 Å². The Balaban J connectivity index is 2.51. The number of phenols is 1. The Morgan fingerprint density at radius 2 is 1.79 bits per heavy atom. The van der Waals surface area contributed by atoms with Gasteiger partial charge in [-0.15, -0.1) is 6.58 Å². The number of phenolic OH excluding ortho intramolecular Hbond substituents is 1. The summed E-state index contributed by atoms with van der Waals surface area (Å²) in [5.74, 6) is 0.679. The minimum absolute atomic E-state index is 0.00590. The van der Waals surface area contributed by atoms with E-state index < -0.39 is 0 Å². The fourth-order valence-corrected chi connectivity index (χ4v) is 3.14. The molecule has 0 amide bonds. The molecule has 1 N–H and O–H groups in total. The number of benzene rings is 1. The Bertz CT molecular complexity index is 852. The van der Waals surface area contributed by atoms with Crippen LogP contribution in [0.1, 0.15) is 71.6 Å².